The lowest BCUT2D eigenvalue weighted by atomic mass is 10.0. The molecule has 2 aromatic rings. The Kier molecular flexibility index (Phi) is 4.50. The van der Waals surface area contributed by atoms with Crippen molar-refractivity contribution < 1.29 is 9.53 Å². The number of aryl methyl sites for hydroxylation is 1. The van der Waals surface area contributed by atoms with Crippen LogP contribution in [-0.2, 0) is 4.74 Å². The molecule has 2 rings (SSSR count). The highest BCUT2D eigenvalue weighted by Gasteiger charge is 2.23. The van der Waals surface area contributed by atoms with Crippen molar-refractivity contribution >= 4 is 38.2 Å². The van der Waals surface area contributed by atoms with Gasteiger partial charge in [-0.1, -0.05) is 28.1 Å². The predicted octanol–water partition coefficient (Wildman–Crippen LogP) is 4.63. The van der Waals surface area contributed by atoms with Gasteiger partial charge in [-0.2, -0.15) is 0 Å². The van der Waals surface area contributed by atoms with Crippen LogP contribution in [0, 0.1) is 6.92 Å². The van der Waals surface area contributed by atoms with Crippen molar-refractivity contribution in [3.8, 4) is 11.1 Å². The second-order valence-electron chi connectivity index (χ2n) is 4.73. The molecule has 0 radical (unpaired) electrons. The highest BCUT2D eigenvalue weighted by molar-refractivity contribution is 9.10. The van der Waals surface area contributed by atoms with Gasteiger partial charge in [-0.05, 0) is 38.5 Å². The number of thiophene rings is 1. The molecule has 0 spiro atoms. The molecular weight excluding hydrogens is 338 g/mol. The van der Waals surface area contributed by atoms with Gasteiger partial charge in [0.15, 0.2) is 0 Å². The average molecular weight is 354 g/mol. The maximum absolute atomic E-state index is 12.2. The summed E-state index contributed by atoms with van der Waals surface area (Å²) in [5.74, 6) is -0.361. The lowest BCUT2D eigenvalue weighted by Crippen LogP contribution is -2.13. The summed E-state index contributed by atoms with van der Waals surface area (Å²) in [6.07, 6.45) is -0.167. The zero-order valence-corrected chi connectivity index (χ0v) is 14.0. The first-order valence-corrected chi connectivity index (χ1v) is 7.87. The zero-order valence-electron chi connectivity index (χ0n) is 11.6. The summed E-state index contributed by atoms with van der Waals surface area (Å²) in [5, 5.41) is 0.506. The van der Waals surface area contributed by atoms with Gasteiger partial charge in [-0.25, -0.2) is 4.79 Å². The maximum Gasteiger partial charge on any atom is 0.342 e. The SMILES string of the molecule is Cc1sc(N)c(C(=O)OC(C)C)c1-c1ccc(Br)cc1. The molecule has 3 nitrogen and oxygen atoms in total. The van der Waals surface area contributed by atoms with Crippen molar-refractivity contribution in [2.75, 3.05) is 5.73 Å². The van der Waals surface area contributed by atoms with Crippen molar-refractivity contribution in [1.29, 1.82) is 0 Å². The van der Waals surface area contributed by atoms with Crippen molar-refractivity contribution in [2.45, 2.75) is 26.9 Å². The second-order valence-corrected chi connectivity index (χ2v) is 6.91. The number of rotatable bonds is 3. The number of anilines is 1. The molecule has 0 saturated carbocycles. The van der Waals surface area contributed by atoms with Gasteiger partial charge in [0.1, 0.15) is 10.6 Å². The van der Waals surface area contributed by atoms with Crippen LogP contribution in [0.1, 0.15) is 29.1 Å². The summed E-state index contributed by atoms with van der Waals surface area (Å²) in [6.45, 7) is 5.61. The number of halogens is 1. The Hall–Kier alpha value is -1.33. The van der Waals surface area contributed by atoms with Crippen LogP contribution in [0.2, 0.25) is 0 Å². The van der Waals surface area contributed by atoms with Crippen molar-refractivity contribution in [3.63, 3.8) is 0 Å². The van der Waals surface area contributed by atoms with E-state index in [-0.39, 0.29) is 12.1 Å². The standard InChI is InChI=1S/C15H16BrNO2S/c1-8(2)19-15(18)13-12(9(3)20-14(13)17)10-4-6-11(16)7-5-10/h4-8H,17H2,1-3H3. The molecule has 0 aliphatic heterocycles. The maximum atomic E-state index is 12.2. The van der Waals surface area contributed by atoms with E-state index in [1.807, 2.05) is 45.0 Å². The van der Waals surface area contributed by atoms with Gasteiger partial charge in [0.2, 0.25) is 0 Å². The molecule has 5 heteroatoms. The Morgan fingerprint density at radius 3 is 2.45 bits per heavy atom. The minimum Gasteiger partial charge on any atom is -0.459 e. The summed E-state index contributed by atoms with van der Waals surface area (Å²) in [6, 6.07) is 7.82. The number of carbonyl (C=O) groups is 1. The van der Waals surface area contributed by atoms with Gasteiger partial charge in [0, 0.05) is 14.9 Å². The zero-order chi connectivity index (χ0) is 14.9. The van der Waals surface area contributed by atoms with E-state index < -0.39 is 0 Å². The van der Waals surface area contributed by atoms with Crippen molar-refractivity contribution in [1.82, 2.24) is 0 Å². The lowest BCUT2D eigenvalue weighted by molar-refractivity contribution is 0.0380. The lowest BCUT2D eigenvalue weighted by Gasteiger charge is -2.10. The number of esters is 1. The Bertz CT molecular complexity index is 632. The number of ether oxygens (including phenoxy) is 1. The number of nitrogen functional groups attached to an aromatic ring is 1. The smallest absolute Gasteiger partial charge is 0.342 e. The third kappa shape index (κ3) is 3.04. The van der Waals surface area contributed by atoms with E-state index >= 15 is 0 Å². The van der Waals surface area contributed by atoms with Crippen LogP contribution in [-0.4, -0.2) is 12.1 Å². The fourth-order valence-electron chi connectivity index (χ4n) is 2.01. The van der Waals surface area contributed by atoms with Crippen LogP contribution in [0.25, 0.3) is 11.1 Å². The summed E-state index contributed by atoms with van der Waals surface area (Å²) in [5.41, 5.74) is 8.30. The monoisotopic (exact) mass is 353 g/mol. The molecule has 20 heavy (non-hydrogen) atoms. The van der Waals surface area contributed by atoms with Crippen molar-refractivity contribution in [3.05, 3.63) is 39.2 Å². The van der Waals surface area contributed by atoms with Crippen LogP contribution < -0.4 is 5.73 Å². The summed E-state index contributed by atoms with van der Waals surface area (Å²) < 4.78 is 6.29. The number of hydrogen-bond acceptors (Lipinski definition) is 4. The van der Waals surface area contributed by atoms with E-state index in [9.17, 15) is 4.79 Å². The number of carbonyl (C=O) groups excluding carboxylic acids is 1. The number of benzene rings is 1. The summed E-state index contributed by atoms with van der Waals surface area (Å²) >= 11 is 4.82. The molecule has 1 heterocycles. The van der Waals surface area contributed by atoms with E-state index in [0.717, 1.165) is 20.5 Å². The summed E-state index contributed by atoms with van der Waals surface area (Å²) in [7, 11) is 0. The van der Waals surface area contributed by atoms with Gasteiger partial charge < -0.3 is 10.5 Å². The van der Waals surface area contributed by atoms with Crippen LogP contribution >= 0.6 is 27.3 Å². The topological polar surface area (TPSA) is 52.3 Å². The van der Waals surface area contributed by atoms with E-state index in [1.54, 1.807) is 0 Å². The Morgan fingerprint density at radius 2 is 1.90 bits per heavy atom. The van der Waals surface area contributed by atoms with Crippen molar-refractivity contribution in [2.24, 2.45) is 0 Å². The molecule has 2 N–H and O–H groups in total. The third-order valence-corrected chi connectivity index (χ3v) is 4.25. The Labute approximate surface area is 130 Å². The van der Waals surface area contributed by atoms with Gasteiger partial charge in [-0.3, -0.25) is 0 Å². The Morgan fingerprint density at radius 1 is 1.30 bits per heavy atom. The normalized spacial score (nSPS) is 10.8. The van der Waals surface area contributed by atoms with Gasteiger partial charge >= 0.3 is 5.97 Å². The first-order chi connectivity index (χ1) is 9.40. The molecule has 1 aromatic heterocycles. The number of hydrogen-bond donors (Lipinski definition) is 1. The fraction of sp³-hybridized carbons (Fsp3) is 0.267. The quantitative estimate of drug-likeness (QED) is 0.818. The highest BCUT2D eigenvalue weighted by Crippen LogP contribution is 2.39. The third-order valence-electron chi connectivity index (χ3n) is 2.79. The minimum absolute atomic E-state index is 0.167. The molecule has 0 aliphatic rings. The molecule has 0 saturated heterocycles. The van der Waals surface area contributed by atoms with E-state index in [2.05, 4.69) is 15.9 Å². The second kappa shape index (κ2) is 5.97. The van der Waals surface area contributed by atoms with Gasteiger partial charge in [-0.15, -0.1) is 11.3 Å². The molecular formula is C15H16BrNO2S. The molecule has 106 valence electrons. The Balaban J connectivity index is 2.53. The van der Waals surface area contributed by atoms with Crippen LogP contribution in [0.3, 0.4) is 0 Å². The molecule has 0 bridgehead atoms. The van der Waals surface area contributed by atoms with E-state index in [1.165, 1.54) is 11.3 Å². The first-order valence-electron chi connectivity index (χ1n) is 6.26. The van der Waals surface area contributed by atoms with E-state index in [0.29, 0.717) is 10.6 Å². The van der Waals surface area contributed by atoms with Gasteiger partial charge in [0.05, 0.1) is 6.10 Å². The molecule has 0 aliphatic carbocycles. The van der Waals surface area contributed by atoms with E-state index in [4.69, 9.17) is 10.5 Å². The average Bonchev–Trinajstić information content (AvgIpc) is 2.64. The largest absolute Gasteiger partial charge is 0.459 e. The predicted molar refractivity (Wildman–Crippen MR) is 87.2 cm³/mol. The minimum atomic E-state index is -0.361. The number of nitrogens with two attached hydrogens (primary N) is 1. The highest BCUT2D eigenvalue weighted by atomic mass is 79.9. The molecule has 0 fully saturated rings. The molecule has 0 atom stereocenters. The molecule has 0 amide bonds. The fourth-order valence-corrected chi connectivity index (χ4v) is 3.21. The first kappa shape index (κ1) is 15.1. The molecule has 1 aromatic carbocycles. The summed E-state index contributed by atoms with van der Waals surface area (Å²) in [4.78, 5) is 13.3. The van der Waals surface area contributed by atoms with Crippen LogP contribution in [0.5, 0.6) is 0 Å². The van der Waals surface area contributed by atoms with Gasteiger partial charge in [0.25, 0.3) is 0 Å². The van der Waals surface area contributed by atoms with Crippen LogP contribution in [0.4, 0.5) is 5.00 Å². The molecule has 0 unspecified atom stereocenters. The van der Waals surface area contributed by atoms with Crippen LogP contribution in [0.15, 0.2) is 28.7 Å².